The van der Waals surface area contributed by atoms with Gasteiger partial charge in [0.1, 0.15) is 10.0 Å². The molecule has 0 bridgehead atoms. The molecule has 3 aromatic rings. The van der Waals surface area contributed by atoms with Gasteiger partial charge in [0, 0.05) is 18.1 Å². The topological polar surface area (TPSA) is 120 Å². The van der Waals surface area contributed by atoms with Crippen molar-refractivity contribution >= 4 is 44.8 Å². The maximum absolute atomic E-state index is 12.2. The summed E-state index contributed by atoms with van der Waals surface area (Å²) in [5.41, 5.74) is 1.01. The molecule has 27 heavy (non-hydrogen) atoms. The first-order chi connectivity index (χ1) is 12.7. The average Bonchev–Trinajstić information content (AvgIpc) is 3.02. The van der Waals surface area contributed by atoms with E-state index in [0.29, 0.717) is 10.6 Å². The van der Waals surface area contributed by atoms with E-state index in [2.05, 4.69) is 15.4 Å². The van der Waals surface area contributed by atoms with Crippen molar-refractivity contribution < 1.29 is 13.2 Å². The van der Waals surface area contributed by atoms with Crippen LogP contribution >= 0.6 is 23.2 Å². The van der Waals surface area contributed by atoms with Gasteiger partial charge in [-0.2, -0.15) is 5.10 Å². The van der Waals surface area contributed by atoms with Gasteiger partial charge in [0.2, 0.25) is 15.9 Å². The minimum Gasteiger partial charge on any atom is -0.326 e. The van der Waals surface area contributed by atoms with Gasteiger partial charge in [0.15, 0.2) is 0 Å². The maximum atomic E-state index is 12.2. The number of amides is 1. The van der Waals surface area contributed by atoms with Gasteiger partial charge in [-0.25, -0.2) is 23.2 Å². The van der Waals surface area contributed by atoms with Crippen LogP contribution in [0.3, 0.4) is 0 Å². The first-order valence-corrected chi connectivity index (χ1v) is 9.81. The highest BCUT2D eigenvalue weighted by Gasteiger charge is 2.18. The zero-order valence-corrected chi connectivity index (χ0v) is 16.0. The van der Waals surface area contributed by atoms with Crippen molar-refractivity contribution in [2.75, 3.05) is 5.32 Å². The van der Waals surface area contributed by atoms with Crippen LogP contribution in [0.5, 0.6) is 0 Å². The third-order valence-electron chi connectivity index (χ3n) is 3.54. The molecule has 2 aromatic heterocycles. The van der Waals surface area contributed by atoms with Crippen molar-refractivity contribution in [2.45, 2.75) is 11.3 Å². The molecule has 0 fully saturated rings. The van der Waals surface area contributed by atoms with E-state index in [1.165, 1.54) is 41.5 Å². The molecular weight excluding hydrogens is 413 g/mol. The predicted octanol–water partition coefficient (Wildman–Crippen LogP) is 2.40. The smallest absolute Gasteiger partial charge is 0.240 e. The van der Waals surface area contributed by atoms with Gasteiger partial charge in [0.05, 0.1) is 23.3 Å². The molecule has 0 unspecified atom stereocenters. The number of carbonyl (C=O) groups is 1. The molecule has 0 atom stereocenters. The van der Waals surface area contributed by atoms with Crippen LogP contribution < -0.4 is 10.5 Å². The number of hydrogen-bond donors (Lipinski definition) is 2. The molecule has 0 saturated heterocycles. The zero-order chi connectivity index (χ0) is 19.6. The van der Waals surface area contributed by atoms with Crippen molar-refractivity contribution in [3.05, 3.63) is 64.7 Å². The van der Waals surface area contributed by atoms with E-state index in [1.807, 2.05) is 0 Å². The number of nitrogens with two attached hydrogens (primary N) is 1. The van der Waals surface area contributed by atoms with Gasteiger partial charge < -0.3 is 5.32 Å². The Hall–Kier alpha value is -2.46. The first-order valence-electron chi connectivity index (χ1n) is 7.50. The lowest BCUT2D eigenvalue weighted by Crippen LogP contribution is -2.18. The van der Waals surface area contributed by atoms with Crippen LogP contribution in [0.2, 0.25) is 10.2 Å². The number of aromatic nitrogens is 3. The number of pyridine rings is 1. The Kier molecular flexibility index (Phi) is 5.47. The van der Waals surface area contributed by atoms with Gasteiger partial charge in [-0.3, -0.25) is 4.79 Å². The third kappa shape index (κ3) is 4.64. The molecule has 2 heterocycles. The lowest BCUT2D eigenvalue weighted by Gasteiger charge is -2.11. The number of hydrogen-bond acceptors (Lipinski definition) is 5. The number of rotatable bonds is 5. The predicted molar refractivity (Wildman–Crippen MR) is 102 cm³/mol. The second-order valence-electron chi connectivity index (χ2n) is 5.51. The molecule has 0 aliphatic heterocycles. The fraction of sp³-hybridized carbons (Fsp3) is 0.0625. The molecular formula is C16H13Cl2N5O3S. The van der Waals surface area contributed by atoms with Crippen LogP contribution in [-0.2, 0) is 21.2 Å². The van der Waals surface area contributed by atoms with Gasteiger partial charge in [-0.1, -0.05) is 29.3 Å². The summed E-state index contributed by atoms with van der Waals surface area (Å²) in [5.74, 6) is -0.389. The normalized spacial score (nSPS) is 11.4. The van der Waals surface area contributed by atoms with Gasteiger partial charge in [-0.05, 0) is 29.8 Å². The van der Waals surface area contributed by atoms with Crippen molar-refractivity contribution in [3.8, 4) is 5.69 Å². The van der Waals surface area contributed by atoms with Crippen molar-refractivity contribution in [2.24, 2.45) is 5.14 Å². The van der Waals surface area contributed by atoms with Crippen LogP contribution in [0.1, 0.15) is 5.56 Å². The van der Waals surface area contributed by atoms with Crippen LogP contribution in [0.25, 0.3) is 5.69 Å². The van der Waals surface area contributed by atoms with Crippen LogP contribution in [-0.4, -0.2) is 29.1 Å². The molecule has 140 valence electrons. The molecule has 0 aliphatic rings. The Morgan fingerprint density at radius 2 is 2.04 bits per heavy atom. The number of benzene rings is 1. The van der Waals surface area contributed by atoms with E-state index >= 15 is 0 Å². The highest BCUT2D eigenvalue weighted by molar-refractivity contribution is 7.89. The Labute approximate surface area is 165 Å². The third-order valence-corrected chi connectivity index (χ3v) is 5.01. The lowest BCUT2D eigenvalue weighted by molar-refractivity contribution is -0.115. The van der Waals surface area contributed by atoms with Crippen LogP contribution in [0.4, 0.5) is 5.69 Å². The van der Waals surface area contributed by atoms with E-state index in [0.717, 1.165) is 0 Å². The van der Waals surface area contributed by atoms with Crippen molar-refractivity contribution in [3.63, 3.8) is 0 Å². The highest BCUT2D eigenvalue weighted by Crippen LogP contribution is 2.24. The summed E-state index contributed by atoms with van der Waals surface area (Å²) < 4.78 is 25.2. The number of sulfonamides is 1. The van der Waals surface area contributed by atoms with Gasteiger partial charge >= 0.3 is 0 Å². The molecule has 8 nitrogen and oxygen atoms in total. The van der Waals surface area contributed by atoms with E-state index in [4.69, 9.17) is 28.3 Å². The van der Waals surface area contributed by atoms with E-state index < -0.39 is 10.0 Å². The quantitative estimate of drug-likeness (QED) is 0.607. The molecule has 0 spiro atoms. The molecule has 1 aromatic carbocycles. The minimum absolute atomic E-state index is 0.0199. The Morgan fingerprint density at radius 3 is 2.67 bits per heavy atom. The summed E-state index contributed by atoms with van der Waals surface area (Å²) in [4.78, 5) is 15.9. The van der Waals surface area contributed by atoms with Gasteiger partial charge in [0.25, 0.3) is 0 Å². The summed E-state index contributed by atoms with van der Waals surface area (Å²) in [6.45, 7) is 0. The number of halogens is 2. The SMILES string of the molecule is NS(=O)(=O)c1cc(NC(=O)Cc2cccnc2Cl)ccc1-n1cc(Cl)cn1. The van der Waals surface area contributed by atoms with Gasteiger partial charge in [-0.15, -0.1) is 0 Å². The number of anilines is 1. The summed E-state index contributed by atoms with van der Waals surface area (Å²) in [5, 5.41) is 12.4. The van der Waals surface area contributed by atoms with Crippen LogP contribution in [0, 0.1) is 0 Å². The zero-order valence-electron chi connectivity index (χ0n) is 13.6. The summed E-state index contributed by atoms with van der Waals surface area (Å²) >= 11 is 11.8. The van der Waals surface area contributed by atoms with Crippen molar-refractivity contribution in [1.29, 1.82) is 0 Å². The number of carbonyl (C=O) groups excluding carboxylic acids is 1. The molecule has 3 rings (SSSR count). The van der Waals surface area contributed by atoms with Crippen LogP contribution in [0.15, 0.2) is 53.8 Å². The molecule has 11 heteroatoms. The first kappa shape index (κ1) is 19.3. The monoisotopic (exact) mass is 425 g/mol. The highest BCUT2D eigenvalue weighted by atomic mass is 35.5. The van der Waals surface area contributed by atoms with E-state index in [9.17, 15) is 13.2 Å². The molecule has 0 saturated carbocycles. The molecule has 0 radical (unpaired) electrons. The standard InChI is InChI=1S/C16H13Cl2N5O3S/c17-11-8-21-23(9-11)13-4-3-12(7-14(13)27(19,25)26)22-15(24)6-10-2-1-5-20-16(10)18/h1-5,7-9H,6H2,(H,22,24)(H2,19,25,26). The summed E-state index contributed by atoms with van der Waals surface area (Å²) in [7, 11) is -4.08. The minimum atomic E-state index is -4.08. The molecule has 1 amide bonds. The summed E-state index contributed by atoms with van der Waals surface area (Å²) in [6.07, 6.45) is 4.30. The van der Waals surface area contributed by atoms with Crippen molar-refractivity contribution in [1.82, 2.24) is 14.8 Å². The van der Waals surface area contributed by atoms with E-state index in [-0.39, 0.29) is 33.8 Å². The summed E-state index contributed by atoms with van der Waals surface area (Å²) in [6, 6.07) is 7.59. The lowest BCUT2D eigenvalue weighted by atomic mass is 10.2. The number of nitrogens with one attached hydrogen (secondary N) is 1. The van der Waals surface area contributed by atoms with E-state index in [1.54, 1.807) is 12.1 Å². The fourth-order valence-corrected chi connectivity index (χ4v) is 3.44. The number of nitrogens with zero attached hydrogens (tertiary/aromatic N) is 3. The Bertz CT molecular complexity index is 1110. The Balaban J connectivity index is 1.89. The largest absolute Gasteiger partial charge is 0.326 e. The maximum Gasteiger partial charge on any atom is 0.240 e. The second-order valence-corrected chi connectivity index (χ2v) is 7.83. The second kappa shape index (κ2) is 7.65. The number of primary sulfonamides is 1. The Morgan fingerprint density at radius 1 is 1.26 bits per heavy atom. The molecule has 3 N–H and O–H groups in total. The fourth-order valence-electron chi connectivity index (χ4n) is 2.37. The molecule has 0 aliphatic carbocycles. The average molecular weight is 426 g/mol.